The first-order valence-electron chi connectivity index (χ1n) is 11.0. The van der Waals surface area contributed by atoms with Crippen LogP contribution in [0.15, 0.2) is 53.7 Å². The number of nitrogens with one attached hydrogen (secondary N) is 3. The highest BCUT2D eigenvalue weighted by Gasteiger charge is 2.23. The van der Waals surface area contributed by atoms with E-state index in [1.165, 1.54) is 5.56 Å². The largest absolute Gasteiger partial charge is 0.484 e. The van der Waals surface area contributed by atoms with Crippen molar-refractivity contribution in [1.29, 1.82) is 0 Å². The zero-order valence-electron chi connectivity index (χ0n) is 18.3. The Morgan fingerprint density at radius 2 is 2.00 bits per heavy atom. The van der Waals surface area contributed by atoms with E-state index >= 15 is 0 Å². The summed E-state index contributed by atoms with van der Waals surface area (Å²) in [6, 6.07) is 14.0. The molecule has 1 aliphatic carbocycles. The summed E-state index contributed by atoms with van der Waals surface area (Å²) in [7, 11) is 0. The van der Waals surface area contributed by atoms with Crippen molar-refractivity contribution in [2.45, 2.75) is 38.8 Å². The van der Waals surface area contributed by atoms with Gasteiger partial charge >= 0.3 is 0 Å². The van der Waals surface area contributed by atoms with E-state index in [4.69, 9.17) is 4.74 Å². The molecule has 0 bridgehead atoms. The normalized spacial score (nSPS) is 13.7. The van der Waals surface area contributed by atoms with Crippen molar-refractivity contribution in [3.05, 3.63) is 60.0 Å². The molecule has 1 saturated carbocycles. The third-order valence-corrected chi connectivity index (χ3v) is 5.05. The molecule has 1 fully saturated rings. The van der Waals surface area contributed by atoms with Gasteiger partial charge in [0.05, 0.1) is 0 Å². The van der Waals surface area contributed by atoms with Gasteiger partial charge in [0.25, 0.3) is 5.91 Å². The van der Waals surface area contributed by atoms with Gasteiger partial charge in [-0.2, -0.15) is 0 Å². The van der Waals surface area contributed by atoms with E-state index in [1.54, 1.807) is 0 Å². The smallest absolute Gasteiger partial charge is 0.258 e. The molecule has 1 amide bonds. The quantitative estimate of drug-likeness (QED) is 0.331. The molecule has 0 atom stereocenters. The summed E-state index contributed by atoms with van der Waals surface area (Å²) in [5.74, 6) is 2.17. The molecule has 0 saturated heterocycles. The summed E-state index contributed by atoms with van der Waals surface area (Å²) < 4.78 is 7.49. The van der Waals surface area contributed by atoms with Crippen LogP contribution in [0.3, 0.4) is 0 Å². The molecule has 4 rings (SSSR count). The number of rotatable bonds is 10. The summed E-state index contributed by atoms with van der Waals surface area (Å²) in [4.78, 5) is 16.3. The minimum absolute atomic E-state index is 0.0568. The molecule has 9 heteroatoms. The molecule has 0 radical (unpaired) electrons. The molecule has 168 valence electrons. The van der Waals surface area contributed by atoms with Crippen LogP contribution < -0.4 is 20.7 Å². The number of nitrogens with zero attached hydrogens (tertiary/aromatic N) is 4. The third kappa shape index (κ3) is 6.19. The van der Waals surface area contributed by atoms with Crippen LogP contribution in [0.1, 0.15) is 31.2 Å². The maximum Gasteiger partial charge on any atom is 0.258 e. The summed E-state index contributed by atoms with van der Waals surface area (Å²) >= 11 is 0. The van der Waals surface area contributed by atoms with Gasteiger partial charge in [-0.1, -0.05) is 18.2 Å². The molecule has 3 aromatic rings. The number of guanidine groups is 1. The van der Waals surface area contributed by atoms with E-state index in [2.05, 4.69) is 31.1 Å². The molecule has 0 unspecified atom stereocenters. The van der Waals surface area contributed by atoms with Gasteiger partial charge < -0.3 is 20.7 Å². The van der Waals surface area contributed by atoms with Crippen LogP contribution in [0.5, 0.6) is 5.75 Å². The van der Waals surface area contributed by atoms with Crippen molar-refractivity contribution >= 4 is 17.5 Å². The second kappa shape index (κ2) is 10.6. The average molecular weight is 436 g/mol. The Labute approximate surface area is 187 Å². The number of ether oxygens (including phenoxy) is 1. The summed E-state index contributed by atoms with van der Waals surface area (Å²) in [5.41, 5.74) is 1.98. The van der Waals surface area contributed by atoms with Crippen LogP contribution >= 0.6 is 0 Å². The maximum atomic E-state index is 11.7. The molecule has 1 aromatic carbocycles. The predicted molar refractivity (Wildman–Crippen MR) is 123 cm³/mol. The summed E-state index contributed by atoms with van der Waals surface area (Å²) in [6.07, 6.45) is 4.92. The molecular weight excluding hydrogens is 406 g/mol. The lowest BCUT2D eigenvalue weighted by atomic mass is 10.1. The second-order valence-corrected chi connectivity index (χ2v) is 7.69. The van der Waals surface area contributed by atoms with Crippen molar-refractivity contribution in [2.75, 3.05) is 19.7 Å². The lowest BCUT2D eigenvalue weighted by Crippen LogP contribution is -2.38. The topological polar surface area (TPSA) is 105 Å². The Bertz CT molecular complexity index is 1060. The van der Waals surface area contributed by atoms with E-state index in [0.29, 0.717) is 18.3 Å². The minimum atomic E-state index is -0.0601. The first kappa shape index (κ1) is 21.6. The zero-order valence-corrected chi connectivity index (χ0v) is 18.3. The van der Waals surface area contributed by atoms with Gasteiger partial charge in [0, 0.05) is 25.3 Å². The SMILES string of the molecule is CCNC(=NCc1nnc2ccccn12)NCCc1ccc(OCC(=O)NC2CC2)cc1. The van der Waals surface area contributed by atoms with Gasteiger partial charge in [-0.25, -0.2) is 4.99 Å². The fourth-order valence-electron chi connectivity index (χ4n) is 3.21. The molecule has 2 aromatic heterocycles. The van der Waals surface area contributed by atoms with Gasteiger partial charge in [0.2, 0.25) is 0 Å². The number of aromatic nitrogens is 3. The molecule has 1 aliphatic rings. The molecule has 32 heavy (non-hydrogen) atoms. The number of aliphatic imine (C=N–C) groups is 1. The summed E-state index contributed by atoms with van der Waals surface area (Å²) in [6.45, 7) is 4.03. The van der Waals surface area contributed by atoms with Gasteiger partial charge in [-0.05, 0) is 56.0 Å². The number of hydrogen-bond donors (Lipinski definition) is 3. The zero-order chi connectivity index (χ0) is 22.2. The van der Waals surface area contributed by atoms with Crippen LogP contribution in [0, 0.1) is 0 Å². The molecule has 2 heterocycles. The number of pyridine rings is 1. The molecule has 9 nitrogen and oxygen atoms in total. The van der Waals surface area contributed by atoms with Crippen LogP contribution in [-0.2, 0) is 17.8 Å². The van der Waals surface area contributed by atoms with Crippen molar-refractivity contribution < 1.29 is 9.53 Å². The first-order valence-corrected chi connectivity index (χ1v) is 11.0. The van der Waals surface area contributed by atoms with E-state index in [0.717, 1.165) is 49.8 Å². The van der Waals surface area contributed by atoms with Gasteiger partial charge in [0.1, 0.15) is 12.3 Å². The number of hydrogen-bond acceptors (Lipinski definition) is 5. The van der Waals surface area contributed by atoms with E-state index in [-0.39, 0.29) is 12.5 Å². The fourth-order valence-corrected chi connectivity index (χ4v) is 3.21. The van der Waals surface area contributed by atoms with Gasteiger partial charge in [-0.3, -0.25) is 9.20 Å². The number of benzene rings is 1. The standard InChI is InChI=1S/C23H29N7O2/c1-2-24-23(26-15-21-29-28-20-5-3-4-14-30(20)21)25-13-12-17-6-10-19(11-7-17)32-16-22(31)27-18-8-9-18/h3-7,10-11,14,18H,2,8-9,12-13,15-16H2,1H3,(H,27,31)(H2,24,25,26). The fraction of sp³-hybridized carbons (Fsp3) is 0.391. The van der Waals surface area contributed by atoms with E-state index < -0.39 is 0 Å². The van der Waals surface area contributed by atoms with Crippen LogP contribution in [0.4, 0.5) is 0 Å². The maximum absolute atomic E-state index is 11.7. The molecule has 3 N–H and O–H groups in total. The Morgan fingerprint density at radius 3 is 2.78 bits per heavy atom. The van der Waals surface area contributed by atoms with E-state index in [1.807, 2.05) is 60.0 Å². The van der Waals surface area contributed by atoms with Crippen molar-refractivity contribution in [2.24, 2.45) is 4.99 Å². The monoisotopic (exact) mass is 435 g/mol. The van der Waals surface area contributed by atoms with Crippen LogP contribution in [0.25, 0.3) is 5.65 Å². The van der Waals surface area contributed by atoms with Crippen LogP contribution in [-0.4, -0.2) is 52.2 Å². The molecule has 0 spiro atoms. The highest BCUT2D eigenvalue weighted by molar-refractivity contribution is 5.79. The van der Waals surface area contributed by atoms with Crippen molar-refractivity contribution in [3.8, 4) is 5.75 Å². The number of carbonyl (C=O) groups excluding carboxylic acids is 1. The Hall–Kier alpha value is -3.62. The van der Waals surface area contributed by atoms with Crippen LogP contribution in [0.2, 0.25) is 0 Å². The Kier molecular flexibility index (Phi) is 7.16. The predicted octanol–water partition coefficient (Wildman–Crippen LogP) is 1.68. The lowest BCUT2D eigenvalue weighted by Gasteiger charge is -2.11. The van der Waals surface area contributed by atoms with Gasteiger partial charge in [-0.15, -0.1) is 10.2 Å². The molecule has 0 aliphatic heterocycles. The lowest BCUT2D eigenvalue weighted by molar-refractivity contribution is -0.123. The Balaban J connectivity index is 1.24. The van der Waals surface area contributed by atoms with Crippen molar-refractivity contribution in [1.82, 2.24) is 30.5 Å². The van der Waals surface area contributed by atoms with Gasteiger partial charge in [0.15, 0.2) is 24.0 Å². The first-order chi connectivity index (χ1) is 15.7. The number of carbonyl (C=O) groups is 1. The minimum Gasteiger partial charge on any atom is -0.484 e. The second-order valence-electron chi connectivity index (χ2n) is 7.69. The average Bonchev–Trinajstić information content (AvgIpc) is 3.53. The number of fused-ring (bicyclic) bond motifs is 1. The molecular formula is C23H29N7O2. The number of amides is 1. The summed E-state index contributed by atoms with van der Waals surface area (Å²) in [5, 5.41) is 17.9. The Morgan fingerprint density at radius 1 is 1.16 bits per heavy atom. The third-order valence-electron chi connectivity index (χ3n) is 5.05. The van der Waals surface area contributed by atoms with E-state index in [9.17, 15) is 4.79 Å². The van der Waals surface area contributed by atoms with Crippen molar-refractivity contribution in [3.63, 3.8) is 0 Å². The highest BCUT2D eigenvalue weighted by atomic mass is 16.5. The highest BCUT2D eigenvalue weighted by Crippen LogP contribution is 2.18.